The molecule has 13 heavy (non-hydrogen) atoms. The summed E-state index contributed by atoms with van der Waals surface area (Å²) in [6, 6.07) is 0.601. The van der Waals surface area contributed by atoms with Crippen LogP contribution in [0, 0.1) is 17.8 Å². The molecule has 3 unspecified atom stereocenters. The zero-order valence-electron chi connectivity index (χ0n) is 9.46. The molecule has 0 amide bonds. The molecule has 0 aromatic heterocycles. The van der Waals surface area contributed by atoms with Crippen LogP contribution in [0.5, 0.6) is 0 Å². The Hall–Kier alpha value is -0.0800. The van der Waals surface area contributed by atoms with Gasteiger partial charge in [-0.3, -0.25) is 5.84 Å². The predicted octanol–water partition coefficient (Wildman–Crippen LogP) is 2.25. The maximum Gasteiger partial charge on any atom is 0.0271 e. The van der Waals surface area contributed by atoms with E-state index in [0.29, 0.717) is 6.04 Å². The van der Waals surface area contributed by atoms with Gasteiger partial charge >= 0.3 is 0 Å². The Kier molecular flexibility index (Phi) is 3.74. The summed E-state index contributed by atoms with van der Waals surface area (Å²) in [5.41, 5.74) is 0. The van der Waals surface area contributed by atoms with E-state index < -0.39 is 0 Å². The van der Waals surface area contributed by atoms with Crippen LogP contribution in [0.3, 0.4) is 0 Å². The van der Waals surface area contributed by atoms with Crippen LogP contribution in [0.1, 0.15) is 40.0 Å². The van der Waals surface area contributed by atoms with Crippen LogP contribution in [0.2, 0.25) is 0 Å². The van der Waals surface area contributed by atoms with Crippen molar-refractivity contribution in [2.24, 2.45) is 23.6 Å². The number of rotatable bonds is 2. The Morgan fingerprint density at radius 2 is 1.92 bits per heavy atom. The highest BCUT2D eigenvalue weighted by Gasteiger charge is 2.32. The maximum absolute atomic E-state index is 5.89. The Balaban J connectivity index is 2.60. The number of hydrogen-bond acceptors (Lipinski definition) is 2. The van der Waals surface area contributed by atoms with Crippen LogP contribution in [-0.4, -0.2) is 18.1 Å². The molecule has 1 rings (SSSR count). The molecule has 0 saturated heterocycles. The molecular formula is C11H24N2. The first-order chi connectivity index (χ1) is 6.02. The van der Waals surface area contributed by atoms with Crippen molar-refractivity contribution < 1.29 is 0 Å². The number of nitrogens with zero attached hydrogens (tertiary/aromatic N) is 1. The molecule has 0 bridgehead atoms. The molecule has 1 saturated carbocycles. The topological polar surface area (TPSA) is 29.3 Å². The predicted molar refractivity (Wildman–Crippen MR) is 57.1 cm³/mol. The summed E-state index contributed by atoms with van der Waals surface area (Å²) in [5, 5.41) is 1.93. The van der Waals surface area contributed by atoms with Gasteiger partial charge in [0.2, 0.25) is 0 Å². The third kappa shape index (κ3) is 2.68. The minimum Gasteiger partial charge on any atom is -0.269 e. The van der Waals surface area contributed by atoms with E-state index in [0.717, 1.165) is 17.8 Å². The molecule has 78 valence electrons. The molecule has 1 aliphatic carbocycles. The van der Waals surface area contributed by atoms with E-state index in [-0.39, 0.29) is 0 Å². The average molecular weight is 184 g/mol. The van der Waals surface area contributed by atoms with Crippen molar-refractivity contribution in [2.45, 2.75) is 46.1 Å². The largest absolute Gasteiger partial charge is 0.269 e. The fourth-order valence-electron chi connectivity index (χ4n) is 2.62. The van der Waals surface area contributed by atoms with Crippen LogP contribution in [0.25, 0.3) is 0 Å². The first kappa shape index (κ1) is 11.0. The Morgan fingerprint density at radius 1 is 1.31 bits per heavy atom. The van der Waals surface area contributed by atoms with Crippen LogP contribution in [0.4, 0.5) is 0 Å². The van der Waals surface area contributed by atoms with Gasteiger partial charge in [-0.15, -0.1) is 0 Å². The van der Waals surface area contributed by atoms with Gasteiger partial charge in [-0.05, 0) is 30.6 Å². The van der Waals surface area contributed by atoms with Crippen LogP contribution >= 0.6 is 0 Å². The van der Waals surface area contributed by atoms with Gasteiger partial charge in [0, 0.05) is 13.1 Å². The van der Waals surface area contributed by atoms with Crippen molar-refractivity contribution in [2.75, 3.05) is 7.05 Å². The highest BCUT2D eigenvalue weighted by molar-refractivity contribution is 4.84. The third-order valence-corrected chi connectivity index (χ3v) is 3.51. The lowest BCUT2D eigenvalue weighted by Crippen LogP contribution is -2.47. The zero-order chi connectivity index (χ0) is 10.0. The molecular weight excluding hydrogens is 160 g/mol. The van der Waals surface area contributed by atoms with Gasteiger partial charge in [0.05, 0.1) is 0 Å². The van der Waals surface area contributed by atoms with Gasteiger partial charge in [-0.2, -0.15) is 0 Å². The minimum atomic E-state index is 0.601. The van der Waals surface area contributed by atoms with Gasteiger partial charge in [-0.1, -0.05) is 27.2 Å². The second kappa shape index (κ2) is 4.43. The fourth-order valence-corrected chi connectivity index (χ4v) is 2.62. The first-order valence-electron chi connectivity index (χ1n) is 5.50. The lowest BCUT2D eigenvalue weighted by Gasteiger charge is -2.40. The summed E-state index contributed by atoms with van der Waals surface area (Å²) < 4.78 is 0. The van der Waals surface area contributed by atoms with Gasteiger partial charge in [-0.25, -0.2) is 5.01 Å². The van der Waals surface area contributed by atoms with Crippen molar-refractivity contribution in [3.8, 4) is 0 Å². The molecule has 0 aliphatic heterocycles. The minimum absolute atomic E-state index is 0.601. The summed E-state index contributed by atoms with van der Waals surface area (Å²) in [5.74, 6) is 8.31. The van der Waals surface area contributed by atoms with Crippen molar-refractivity contribution in [3.63, 3.8) is 0 Å². The molecule has 1 fully saturated rings. The average Bonchev–Trinajstić information content (AvgIpc) is 2.03. The highest BCUT2D eigenvalue weighted by atomic mass is 15.4. The van der Waals surface area contributed by atoms with Crippen LogP contribution in [0.15, 0.2) is 0 Å². The van der Waals surface area contributed by atoms with Crippen LogP contribution in [-0.2, 0) is 0 Å². The lowest BCUT2D eigenvalue weighted by atomic mass is 9.74. The standard InChI is InChI=1S/C11H24N2/c1-8(2)10-6-5-9(3)7-11(10)13(4)12/h8-11H,5-7,12H2,1-4H3. The summed E-state index contributed by atoms with van der Waals surface area (Å²) in [6.07, 6.45) is 4.01. The van der Waals surface area contributed by atoms with Gasteiger partial charge in [0.1, 0.15) is 0 Å². The summed E-state index contributed by atoms with van der Waals surface area (Å²) in [4.78, 5) is 0. The summed E-state index contributed by atoms with van der Waals surface area (Å²) in [7, 11) is 2.01. The van der Waals surface area contributed by atoms with E-state index in [1.54, 1.807) is 0 Å². The van der Waals surface area contributed by atoms with E-state index in [4.69, 9.17) is 5.84 Å². The van der Waals surface area contributed by atoms with Crippen molar-refractivity contribution in [3.05, 3.63) is 0 Å². The van der Waals surface area contributed by atoms with E-state index in [1.807, 2.05) is 12.1 Å². The Labute approximate surface area is 82.5 Å². The third-order valence-electron chi connectivity index (χ3n) is 3.51. The Morgan fingerprint density at radius 3 is 2.38 bits per heavy atom. The lowest BCUT2D eigenvalue weighted by molar-refractivity contribution is 0.0783. The molecule has 2 nitrogen and oxygen atoms in total. The van der Waals surface area contributed by atoms with Crippen LogP contribution < -0.4 is 5.84 Å². The molecule has 0 aromatic carbocycles. The van der Waals surface area contributed by atoms with E-state index in [9.17, 15) is 0 Å². The zero-order valence-corrected chi connectivity index (χ0v) is 9.46. The molecule has 0 radical (unpaired) electrons. The van der Waals surface area contributed by atoms with Gasteiger partial charge in [0.25, 0.3) is 0 Å². The number of hydrazine groups is 1. The van der Waals surface area contributed by atoms with Crippen molar-refractivity contribution in [1.29, 1.82) is 0 Å². The fraction of sp³-hybridized carbons (Fsp3) is 1.00. The van der Waals surface area contributed by atoms with E-state index in [1.165, 1.54) is 19.3 Å². The number of hydrogen-bond donors (Lipinski definition) is 1. The van der Waals surface area contributed by atoms with Crippen molar-refractivity contribution in [1.82, 2.24) is 5.01 Å². The van der Waals surface area contributed by atoms with E-state index >= 15 is 0 Å². The quantitative estimate of drug-likeness (QED) is 0.527. The summed E-state index contributed by atoms with van der Waals surface area (Å²) >= 11 is 0. The Bertz CT molecular complexity index is 154. The van der Waals surface area contributed by atoms with E-state index in [2.05, 4.69) is 20.8 Å². The first-order valence-corrected chi connectivity index (χ1v) is 5.50. The number of nitrogens with two attached hydrogens (primary N) is 1. The SMILES string of the molecule is CC1CCC(C(C)C)C(N(C)N)C1. The molecule has 1 aliphatic rings. The molecule has 0 spiro atoms. The molecule has 3 atom stereocenters. The molecule has 0 heterocycles. The molecule has 2 N–H and O–H groups in total. The molecule has 0 aromatic rings. The van der Waals surface area contributed by atoms with Gasteiger partial charge < -0.3 is 0 Å². The molecule has 2 heteroatoms. The van der Waals surface area contributed by atoms with Gasteiger partial charge in [0.15, 0.2) is 0 Å². The highest BCUT2D eigenvalue weighted by Crippen LogP contribution is 2.34. The second-order valence-corrected chi connectivity index (χ2v) is 5.06. The second-order valence-electron chi connectivity index (χ2n) is 5.06. The summed E-state index contributed by atoms with van der Waals surface area (Å²) in [6.45, 7) is 6.97. The normalized spacial score (nSPS) is 35.8. The maximum atomic E-state index is 5.89. The monoisotopic (exact) mass is 184 g/mol. The smallest absolute Gasteiger partial charge is 0.0271 e. The van der Waals surface area contributed by atoms with Crippen molar-refractivity contribution >= 4 is 0 Å².